The van der Waals surface area contributed by atoms with E-state index in [0.29, 0.717) is 25.1 Å². The molecule has 19 heavy (non-hydrogen) atoms. The maximum atomic E-state index is 12.5. The molecule has 0 unspecified atom stereocenters. The lowest BCUT2D eigenvalue weighted by Crippen LogP contribution is -2.08. The summed E-state index contributed by atoms with van der Waals surface area (Å²) in [6.07, 6.45) is -3.18. The normalized spacial score (nSPS) is 11.4. The molecular formula is C13H16F3NO2. The van der Waals surface area contributed by atoms with Crippen LogP contribution in [0.4, 0.5) is 18.9 Å². The quantitative estimate of drug-likeness (QED) is 0.779. The molecule has 0 bridgehead atoms. The maximum Gasteiger partial charge on any atom is 0.416 e. The topological polar surface area (TPSA) is 49.3 Å². The Morgan fingerprint density at radius 1 is 1.32 bits per heavy atom. The number of aryl methyl sites for hydroxylation is 1. The van der Waals surface area contributed by atoms with E-state index in [0.717, 1.165) is 17.7 Å². The lowest BCUT2D eigenvalue weighted by atomic mass is 10.1. The third-order valence-electron chi connectivity index (χ3n) is 2.70. The SMILES string of the molecule is Cc1ccc(C(F)(F)F)cc1NCCCCC(=O)O. The number of hydrogen-bond donors (Lipinski definition) is 2. The van der Waals surface area contributed by atoms with Crippen molar-refractivity contribution in [2.45, 2.75) is 32.4 Å². The molecule has 0 fully saturated rings. The van der Waals surface area contributed by atoms with Crippen molar-refractivity contribution < 1.29 is 23.1 Å². The maximum absolute atomic E-state index is 12.5. The molecule has 0 aliphatic carbocycles. The van der Waals surface area contributed by atoms with Gasteiger partial charge in [0.05, 0.1) is 5.56 Å². The summed E-state index contributed by atoms with van der Waals surface area (Å²) < 4.78 is 37.6. The first-order valence-corrected chi connectivity index (χ1v) is 5.94. The van der Waals surface area contributed by atoms with Crippen LogP contribution in [0.3, 0.4) is 0 Å². The summed E-state index contributed by atoms with van der Waals surface area (Å²) in [5.41, 5.74) is 0.475. The predicted molar refractivity (Wildman–Crippen MR) is 66.2 cm³/mol. The molecule has 0 atom stereocenters. The number of unbranched alkanes of at least 4 members (excludes halogenated alkanes) is 1. The Morgan fingerprint density at radius 3 is 2.58 bits per heavy atom. The minimum atomic E-state index is -4.35. The van der Waals surface area contributed by atoms with Gasteiger partial charge in [-0.05, 0) is 37.5 Å². The molecule has 106 valence electrons. The molecule has 1 aromatic carbocycles. The van der Waals surface area contributed by atoms with Gasteiger partial charge < -0.3 is 10.4 Å². The molecule has 0 aliphatic rings. The Morgan fingerprint density at radius 2 is 2.00 bits per heavy atom. The molecule has 1 aromatic rings. The molecule has 0 saturated heterocycles. The number of nitrogens with one attached hydrogen (secondary N) is 1. The smallest absolute Gasteiger partial charge is 0.416 e. The summed E-state index contributed by atoms with van der Waals surface area (Å²) in [6, 6.07) is 3.54. The van der Waals surface area contributed by atoms with E-state index < -0.39 is 17.7 Å². The number of carboxylic acids is 1. The molecule has 0 amide bonds. The second-order valence-electron chi connectivity index (χ2n) is 4.31. The number of alkyl halides is 3. The van der Waals surface area contributed by atoms with Crippen molar-refractivity contribution in [2.24, 2.45) is 0 Å². The monoisotopic (exact) mass is 275 g/mol. The minimum Gasteiger partial charge on any atom is -0.481 e. The number of carbonyl (C=O) groups is 1. The van der Waals surface area contributed by atoms with Gasteiger partial charge >= 0.3 is 12.1 Å². The third-order valence-corrected chi connectivity index (χ3v) is 2.70. The number of benzene rings is 1. The first-order valence-electron chi connectivity index (χ1n) is 5.94. The molecule has 2 N–H and O–H groups in total. The number of halogens is 3. The fourth-order valence-corrected chi connectivity index (χ4v) is 1.61. The summed E-state index contributed by atoms with van der Waals surface area (Å²) in [5.74, 6) is -0.866. The molecule has 0 aromatic heterocycles. The van der Waals surface area contributed by atoms with Crippen molar-refractivity contribution in [1.82, 2.24) is 0 Å². The van der Waals surface area contributed by atoms with Crippen molar-refractivity contribution in [3.8, 4) is 0 Å². The molecule has 0 aliphatic heterocycles. The molecule has 0 spiro atoms. The molecule has 1 rings (SSSR count). The van der Waals surface area contributed by atoms with Gasteiger partial charge in [0.1, 0.15) is 0 Å². The van der Waals surface area contributed by atoms with Crippen molar-refractivity contribution in [3.63, 3.8) is 0 Å². The van der Waals surface area contributed by atoms with E-state index in [1.165, 1.54) is 6.07 Å². The number of carboxylic acid groups (broad SMARTS) is 1. The van der Waals surface area contributed by atoms with Gasteiger partial charge in [-0.25, -0.2) is 0 Å². The van der Waals surface area contributed by atoms with Crippen LogP contribution in [0.5, 0.6) is 0 Å². The Balaban J connectivity index is 2.55. The van der Waals surface area contributed by atoms with Gasteiger partial charge in [-0.2, -0.15) is 13.2 Å². The zero-order valence-corrected chi connectivity index (χ0v) is 10.5. The second-order valence-corrected chi connectivity index (χ2v) is 4.31. The molecule has 6 heteroatoms. The van der Waals surface area contributed by atoms with Crippen LogP contribution >= 0.6 is 0 Å². The summed E-state index contributed by atoms with van der Waals surface area (Å²) >= 11 is 0. The highest BCUT2D eigenvalue weighted by Crippen LogP contribution is 2.31. The Kier molecular flexibility index (Phi) is 5.20. The van der Waals surface area contributed by atoms with Gasteiger partial charge in [0.25, 0.3) is 0 Å². The van der Waals surface area contributed by atoms with Crippen molar-refractivity contribution >= 4 is 11.7 Å². The first kappa shape index (κ1) is 15.3. The number of rotatable bonds is 6. The molecule has 0 radical (unpaired) electrons. The number of aliphatic carboxylic acids is 1. The van der Waals surface area contributed by atoms with Crippen molar-refractivity contribution in [3.05, 3.63) is 29.3 Å². The Hall–Kier alpha value is -1.72. The van der Waals surface area contributed by atoms with Gasteiger partial charge in [0, 0.05) is 18.7 Å². The first-order chi connectivity index (χ1) is 8.80. The standard InChI is InChI=1S/C13H16F3NO2/c1-9-5-6-10(13(14,15)16)8-11(9)17-7-3-2-4-12(18)19/h5-6,8,17H,2-4,7H2,1H3,(H,18,19). The van der Waals surface area contributed by atoms with E-state index in [4.69, 9.17) is 5.11 Å². The van der Waals surface area contributed by atoms with Crippen LogP contribution in [-0.2, 0) is 11.0 Å². The highest BCUT2D eigenvalue weighted by molar-refractivity contribution is 5.66. The third kappa shape index (κ3) is 5.19. The minimum absolute atomic E-state index is 0.0727. The van der Waals surface area contributed by atoms with E-state index in [2.05, 4.69) is 5.32 Å². The summed E-state index contributed by atoms with van der Waals surface area (Å²) in [7, 11) is 0. The summed E-state index contributed by atoms with van der Waals surface area (Å²) in [6.45, 7) is 2.18. The van der Waals surface area contributed by atoms with E-state index in [-0.39, 0.29) is 6.42 Å². The van der Waals surface area contributed by atoms with E-state index in [9.17, 15) is 18.0 Å². The van der Waals surface area contributed by atoms with E-state index in [1.807, 2.05) is 0 Å². The van der Waals surface area contributed by atoms with Crippen LogP contribution in [0, 0.1) is 6.92 Å². The highest BCUT2D eigenvalue weighted by atomic mass is 19.4. The van der Waals surface area contributed by atoms with Gasteiger partial charge in [-0.3, -0.25) is 4.79 Å². The van der Waals surface area contributed by atoms with Gasteiger partial charge in [-0.1, -0.05) is 6.07 Å². The van der Waals surface area contributed by atoms with Crippen LogP contribution in [0.15, 0.2) is 18.2 Å². The van der Waals surface area contributed by atoms with Crippen LogP contribution in [0.25, 0.3) is 0 Å². The lowest BCUT2D eigenvalue weighted by Gasteiger charge is -2.13. The second kappa shape index (κ2) is 6.45. The summed E-state index contributed by atoms with van der Waals surface area (Å²) in [4.78, 5) is 10.3. The van der Waals surface area contributed by atoms with E-state index in [1.54, 1.807) is 6.92 Å². The Bertz CT molecular complexity index is 444. The fraction of sp³-hybridized carbons (Fsp3) is 0.462. The van der Waals surface area contributed by atoms with Crippen LogP contribution in [0.1, 0.15) is 30.4 Å². The molecule has 0 saturated carbocycles. The zero-order chi connectivity index (χ0) is 14.5. The van der Waals surface area contributed by atoms with Crippen LogP contribution in [0.2, 0.25) is 0 Å². The highest BCUT2D eigenvalue weighted by Gasteiger charge is 2.30. The zero-order valence-electron chi connectivity index (χ0n) is 10.5. The van der Waals surface area contributed by atoms with Crippen LogP contribution in [-0.4, -0.2) is 17.6 Å². The molecule has 3 nitrogen and oxygen atoms in total. The fourth-order valence-electron chi connectivity index (χ4n) is 1.61. The van der Waals surface area contributed by atoms with Gasteiger partial charge in [-0.15, -0.1) is 0 Å². The van der Waals surface area contributed by atoms with Gasteiger partial charge in [0.15, 0.2) is 0 Å². The average molecular weight is 275 g/mol. The van der Waals surface area contributed by atoms with E-state index >= 15 is 0 Å². The van der Waals surface area contributed by atoms with Crippen molar-refractivity contribution in [1.29, 1.82) is 0 Å². The average Bonchev–Trinajstić information content (AvgIpc) is 2.29. The molecular weight excluding hydrogens is 259 g/mol. The Labute approximate surface area is 109 Å². The van der Waals surface area contributed by atoms with Crippen molar-refractivity contribution in [2.75, 3.05) is 11.9 Å². The summed E-state index contributed by atoms with van der Waals surface area (Å²) in [5, 5.41) is 11.4. The van der Waals surface area contributed by atoms with Crippen LogP contribution < -0.4 is 5.32 Å². The molecule has 0 heterocycles. The van der Waals surface area contributed by atoms with Gasteiger partial charge in [0.2, 0.25) is 0 Å². The predicted octanol–water partition coefficient (Wildman–Crippen LogP) is 3.68. The lowest BCUT2D eigenvalue weighted by molar-refractivity contribution is -0.138. The largest absolute Gasteiger partial charge is 0.481 e. The number of hydrogen-bond acceptors (Lipinski definition) is 2. The number of anilines is 1.